The Labute approximate surface area is 99.8 Å². The van der Waals surface area contributed by atoms with Crippen molar-refractivity contribution in [2.75, 3.05) is 6.26 Å². The second-order valence-corrected chi connectivity index (χ2v) is 5.95. The maximum atomic E-state index is 3.83. The van der Waals surface area contributed by atoms with Crippen molar-refractivity contribution in [2.24, 2.45) is 0 Å². The van der Waals surface area contributed by atoms with E-state index in [9.17, 15) is 0 Å². The number of rotatable bonds is 6. The molecule has 0 saturated heterocycles. The number of thioether (sulfide) groups is 1. The number of hydrogen-bond acceptors (Lipinski definition) is 2. The maximum Gasteiger partial charge on any atom is 0.0198 e. The molecular weight excluding hydrogens is 202 g/mol. The predicted molar refractivity (Wildman–Crippen MR) is 71.7 cm³/mol. The van der Waals surface area contributed by atoms with Crippen LogP contribution in [-0.4, -0.2) is 23.6 Å². The normalized spacial score (nSPS) is 29.0. The van der Waals surface area contributed by atoms with Crippen molar-refractivity contribution in [3.63, 3.8) is 0 Å². The van der Waals surface area contributed by atoms with Crippen molar-refractivity contribution < 1.29 is 0 Å². The summed E-state index contributed by atoms with van der Waals surface area (Å²) in [4.78, 5) is 0. The van der Waals surface area contributed by atoms with Crippen LogP contribution in [0.3, 0.4) is 0 Å². The van der Waals surface area contributed by atoms with Crippen LogP contribution in [0.4, 0.5) is 0 Å². The predicted octanol–water partition coefficient (Wildman–Crippen LogP) is 3.83. The van der Waals surface area contributed by atoms with Gasteiger partial charge in [-0.1, -0.05) is 32.6 Å². The first-order valence-corrected chi connectivity index (χ1v) is 7.85. The summed E-state index contributed by atoms with van der Waals surface area (Å²) in [6.45, 7) is 4.62. The Bertz CT molecular complexity index is 161. The highest BCUT2D eigenvalue weighted by molar-refractivity contribution is 7.99. The van der Waals surface area contributed by atoms with Gasteiger partial charge >= 0.3 is 0 Å². The first-order chi connectivity index (χ1) is 7.27. The van der Waals surface area contributed by atoms with Crippen molar-refractivity contribution in [2.45, 2.75) is 76.1 Å². The average molecular weight is 229 g/mol. The highest BCUT2D eigenvalue weighted by Gasteiger charge is 2.24. The van der Waals surface area contributed by atoms with Gasteiger partial charge in [-0.05, 0) is 32.4 Å². The number of nitrogens with one attached hydrogen (secondary N) is 1. The lowest BCUT2D eigenvalue weighted by Gasteiger charge is -2.33. The minimum atomic E-state index is 0.711. The third-order valence-electron chi connectivity index (χ3n) is 3.49. The minimum absolute atomic E-state index is 0.711. The fourth-order valence-electron chi connectivity index (χ4n) is 2.53. The average Bonchev–Trinajstić information content (AvgIpc) is 2.27. The van der Waals surface area contributed by atoms with E-state index in [1.807, 2.05) is 0 Å². The molecule has 0 bridgehead atoms. The number of unbranched alkanes of at least 4 members (excludes halogenated alkanes) is 1. The molecule has 0 aromatic rings. The fourth-order valence-corrected chi connectivity index (χ4v) is 3.47. The van der Waals surface area contributed by atoms with Gasteiger partial charge in [0.15, 0.2) is 0 Å². The molecule has 2 heteroatoms. The van der Waals surface area contributed by atoms with Crippen molar-refractivity contribution in [1.29, 1.82) is 0 Å². The Balaban J connectivity index is 2.27. The summed E-state index contributed by atoms with van der Waals surface area (Å²) in [5.41, 5.74) is 0. The van der Waals surface area contributed by atoms with Gasteiger partial charge in [0.25, 0.3) is 0 Å². The van der Waals surface area contributed by atoms with E-state index in [1.54, 1.807) is 0 Å². The topological polar surface area (TPSA) is 12.0 Å². The van der Waals surface area contributed by atoms with Crippen molar-refractivity contribution in [1.82, 2.24) is 5.32 Å². The van der Waals surface area contributed by atoms with Gasteiger partial charge in [-0.15, -0.1) is 0 Å². The Morgan fingerprint density at radius 3 is 2.73 bits per heavy atom. The molecule has 0 aromatic heterocycles. The van der Waals surface area contributed by atoms with Gasteiger partial charge < -0.3 is 5.32 Å². The lowest BCUT2D eigenvalue weighted by molar-refractivity contribution is 0.342. The zero-order chi connectivity index (χ0) is 11.1. The molecule has 0 aliphatic heterocycles. The molecule has 0 aromatic carbocycles. The van der Waals surface area contributed by atoms with Gasteiger partial charge in [-0.2, -0.15) is 11.8 Å². The molecule has 1 aliphatic rings. The molecule has 3 atom stereocenters. The zero-order valence-corrected chi connectivity index (χ0v) is 11.4. The molecule has 0 amide bonds. The van der Waals surface area contributed by atoms with E-state index in [4.69, 9.17) is 0 Å². The summed E-state index contributed by atoms with van der Waals surface area (Å²) >= 11 is 2.06. The first-order valence-electron chi connectivity index (χ1n) is 6.56. The standard InChI is InChI=1S/C13H27NS/c1-4-5-8-11(2)14-12-9-6-7-10-13(12)15-3/h11-14H,4-10H2,1-3H3. The molecular formula is C13H27NS. The zero-order valence-electron chi connectivity index (χ0n) is 10.6. The van der Waals surface area contributed by atoms with Gasteiger partial charge in [0.05, 0.1) is 0 Å². The quantitative estimate of drug-likeness (QED) is 0.743. The molecule has 0 heterocycles. The van der Waals surface area contributed by atoms with E-state index >= 15 is 0 Å². The third kappa shape index (κ3) is 4.78. The van der Waals surface area contributed by atoms with Gasteiger partial charge in [-0.3, -0.25) is 0 Å². The highest BCUT2D eigenvalue weighted by Crippen LogP contribution is 2.27. The Morgan fingerprint density at radius 2 is 2.07 bits per heavy atom. The lowest BCUT2D eigenvalue weighted by Crippen LogP contribution is -2.44. The van der Waals surface area contributed by atoms with Crippen LogP contribution in [0.1, 0.15) is 58.8 Å². The first kappa shape index (κ1) is 13.4. The number of hydrogen-bond donors (Lipinski definition) is 1. The van der Waals surface area contributed by atoms with Crippen LogP contribution in [0.5, 0.6) is 0 Å². The molecule has 1 rings (SSSR count). The lowest BCUT2D eigenvalue weighted by atomic mass is 9.94. The second-order valence-electron chi connectivity index (χ2n) is 4.88. The van der Waals surface area contributed by atoms with Gasteiger partial charge in [0, 0.05) is 17.3 Å². The molecule has 3 unspecified atom stereocenters. The maximum absolute atomic E-state index is 3.83. The Kier molecular flexibility index (Phi) is 6.74. The van der Waals surface area contributed by atoms with E-state index in [1.165, 1.54) is 44.9 Å². The Hall–Kier alpha value is 0.310. The highest BCUT2D eigenvalue weighted by atomic mass is 32.2. The fraction of sp³-hybridized carbons (Fsp3) is 1.00. The summed E-state index contributed by atoms with van der Waals surface area (Å²) in [6.07, 6.45) is 12.0. The molecule has 15 heavy (non-hydrogen) atoms. The molecule has 0 spiro atoms. The second kappa shape index (κ2) is 7.56. The molecule has 1 N–H and O–H groups in total. The monoisotopic (exact) mass is 229 g/mol. The van der Waals surface area contributed by atoms with Crippen molar-refractivity contribution in [3.05, 3.63) is 0 Å². The van der Waals surface area contributed by atoms with E-state index in [0.717, 1.165) is 11.3 Å². The van der Waals surface area contributed by atoms with Gasteiger partial charge in [0.2, 0.25) is 0 Å². The SMILES string of the molecule is CCCCC(C)NC1CCCCC1SC. The summed E-state index contributed by atoms with van der Waals surface area (Å²) in [7, 11) is 0. The Morgan fingerprint density at radius 1 is 1.33 bits per heavy atom. The molecule has 0 radical (unpaired) electrons. The van der Waals surface area contributed by atoms with Gasteiger partial charge in [-0.25, -0.2) is 0 Å². The molecule has 1 nitrogen and oxygen atoms in total. The van der Waals surface area contributed by atoms with E-state index in [-0.39, 0.29) is 0 Å². The summed E-state index contributed by atoms with van der Waals surface area (Å²) < 4.78 is 0. The molecule has 90 valence electrons. The summed E-state index contributed by atoms with van der Waals surface area (Å²) in [5, 5.41) is 4.70. The smallest absolute Gasteiger partial charge is 0.0198 e. The van der Waals surface area contributed by atoms with Crippen LogP contribution in [0.15, 0.2) is 0 Å². The van der Waals surface area contributed by atoms with E-state index < -0.39 is 0 Å². The van der Waals surface area contributed by atoms with E-state index in [2.05, 4.69) is 37.2 Å². The molecule has 1 fully saturated rings. The van der Waals surface area contributed by atoms with Crippen LogP contribution in [-0.2, 0) is 0 Å². The van der Waals surface area contributed by atoms with E-state index in [0.29, 0.717) is 6.04 Å². The van der Waals surface area contributed by atoms with Crippen LogP contribution < -0.4 is 5.32 Å². The minimum Gasteiger partial charge on any atom is -0.310 e. The summed E-state index contributed by atoms with van der Waals surface area (Å²) in [5.74, 6) is 0. The van der Waals surface area contributed by atoms with Crippen LogP contribution >= 0.6 is 11.8 Å². The third-order valence-corrected chi connectivity index (χ3v) is 4.66. The van der Waals surface area contributed by atoms with Gasteiger partial charge in [0.1, 0.15) is 0 Å². The van der Waals surface area contributed by atoms with Crippen molar-refractivity contribution >= 4 is 11.8 Å². The van der Waals surface area contributed by atoms with Crippen molar-refractivity contribution in [3.8, 4) is 0 Å². The summed E-state index contributed by atoms with van der Waals surface area (Å²) in [6, 6.07) is 1.49. The molecule has 1 aliphatic carbocycles. The van der Waals surface area contributed by atoms with Crippen LogP contribution in [0.25, 0.3) is 0 Å². The molecule has 1 saturated carbocycles. The van der Waals surface area contributed by atoms with Crippen LogP contribution in [0, 0.1) is 0 Å². The van der Waals surface area contributed by atoms with Crippen LogP contribution in [0.2, 0.25) is 0 Å². The largest absolute Gasteiger partial charge is 0.310 e.